The molecule has 1 aliphatic rings. The monoisotopic (exact) mass is 560 g/mol. The lowest BCUT2D eigenvalue weighted by atomic mass is 9.92. The number of fused-ring (bicyclic) bond motifs is 1. The van der Waals surface area contributed by atoms with Crippen molar-refractivity contribution in [2.24, 2.45) is 5.41 Å². The van der Waals surface area contributed by atoms with Gasteiger partial charge in [-0.15, -0.1) is 23.1 Å². The zero-order chi connectivity index (χ0) is 28.0. The van der Waals surface area contributed by atoms with Gasteiger partial charge < -0.3 is 10.6 Å². The molecule has 2 heterocycles. The number of hydrogen-bond acceptors (Lipinski definition) is 6. The number of rotatable bonds is 9. The van der Waals surface area contributed by atoms with Crippen molar-refractivity contribution >= 4 is 45.6 Å². The quantitative estimate of drug-likeness (QED) is 0.274. The maximum atomic E-state index is 13.3. The molecule has 1 aliphatic heterocycles. The van der Waals surface area contributed by atoms with Crippen LogP contribution in [0.2, 0.25) is 0 Å². The van der Waals surface area contributed by atoms with Gasteiger partial charge in [0.15, 0.2) is 0 Å². The first-order valence-corrected chi connectivity index (χ1v) is 15.0. The summed E-state index contributed by atoms with van der Waals surface area (Å²) >= 11 is 2.99. The number of nitrogens with zero attached hydrogens (tertiary/aromatic N) is 2. The Morgan fingerprint density at radius 1 is 1.13 bits per heavy atom. The molecule has 2 amide bonds. The summed E-state index contributed by atoms with van der Waals surface area (Å²) < 4.78 is 0. The molecule has 0 aliphatic carbocycles. The third-order valence-electron chi connectivity index (χ3n) is 6.48. The summed E-state index contributed by atoms with van der Waals surface area (Å²) in [6, 6.07) is 20.4. The van der Waals surface area contributed by atoms with Gasteiger partial charge in [-0.25, -0.2) is 0 Å². The Bertz CT molecular complexity index is 1360. The van der Waals surface area contributed by atoms with Crippen LogP contribution >= 0.6 is 23.1 Å². The van der Waals surface area contributed by atoms with Crippen LogP contribution in [0, 0.1) is 16.7 Å². The van der Waals surface area contributed by atoms with Crippen molar-refractivity contribution in [2.75, 3.05) is 17.2 Å². The van der Waals surface area contributed by atoms with Crippen LogP contribution < -0.4 is 10.6 Å². The van der Waals surface area contributed by atoms with Crippen molar-refractivity contribution in [1.29, 1.82) is 5.26 Å². The first-order chi connectivity index (χ1) is 18.6. The molecular formula is C31H36N4O2S2. The van der Waals surface area contributed by atoms with Crippen LogP contribution in [0.4, 0.5) is 10.7 Å². The number of thiophene rings is 1. The van der Waals surface area contributed by atoms with Gasteiger partial charge >= 0.3 is 0 Å². The molecule has 39 heavy (non-hydrogen) atoms. The predicted octanol–water partition coefficient (Wildman–Crippen LogP) is 7.06. The molecule has 0 bridgehead atoms. The van der Waals surface area contributed by atoms with E-state index in [4.69, 9.17) is 0 Å². The molecule has 4 rings (SSSR count). The van der Waals surface area contributed by atoms with Gasteiger partial charge in [0.05, 0.1) is 10.8 Å². The lowest BCUT2D eigenvalue weighted by Gasteiger charge is -2.26. The Morgan fingerprint density at radius 2 is 1.90 bits per heavy atom. The van der Waals surface area contributed by atoms with Gasteiger partial charge in [0, 0.05) is 41.5 Å². The van der Waals surface area contributed by atoms with Crippen LogP contribution in [0.5, 0.6) is 0 Å². The van der Waals surface area contributed by atoms with Crippen molar-refractivity contribution in [3.05, 3.63) is 76.2 Å². The summed E-state index contributed by atoms with van der Waals surface area (Å²) in [6.45, 7) is 10.6. The normalized spacial score (nSPS) is 14.2. The fourth-order valence-electron chi connectivity index (χ4n) is 4.65. The highest BCUT2D eigenvalue weighted by Gasteiger charge is 2.27. The zero-order valence-corrected chi connectivity index (χ0v) is 24.7. The molecule has 0 saturated heterocycles. The molecule has 2 N–H and O–H groups in total. The van der Waals surface area contributed by atoms with Gasteiger partial charge in [0.2, 0.25) is 11.8 Å². The number of nitrogens with one attached hydrogen (secondary N) is 2. The second kappa shape index (κ2) is 12.8. The molecule has 1 unspecified atom stereocenters. The second-order valence-corrected chi connectivity index (χ2v) is 13.5. The number of carbonyl (C=O) groups is 2. The average Bonchev–Trinajstić information content (AvgIpc) is 3.22. The minimum atomic E-state index is -0.328. The van der Waals surface area contributed by atoms with Crippen LogP contribution in [0.3, 0.4) is 0 Å². The maximum Gasteiger partial charge on any atom is 0.238 e. The van der Waals surface area contributed by atoms with E-state index in [1.165, 1.54) is 28.7 Å². The first kappa shape index (κ1) is 28.9. The van der Waals surface area contributed by atoms with E-state index in [1.54, 1.807) is 0 Å². The van der Waals surface area contributed by atoms with E-state index >= 15 is 0 Å². The number of carbonyl (C=O) groups excluding carboxylic acids is 2. The minimum Gasteiger partial charge on any atom is -0.326 e. The Hall–Kier alpha value is -3.12. The van der Waals surface area contributed by atoms with Crippen LogP contribution in [-0.2, 0) is 29.1 Å². The molecule has 0 saturated carbocycles. The molecule has 1 aromatic heterocycles. The van der Waals surface area contributed by atoms with E-state index in [0.717, 1.165) is 47.1 Å². The van der Waals surface area contributed by atoms with E-state index < -0.39 is 0 Å². The Kier molecular flexibility index (Phi) is 9.49. The Balaban J connectivity index is 1.41. The molecule has 0 fully saturated rings. The summed E-state index contributed by atoms with van der Waals surface area (Å²) in [7, 11) is 0. The molecule has 8 heteroatoms. The highest BCUT2D eigenvalue weighted by Crippen LogP contribution is 2.38. The molecule has 0 spiro atoms. The summed E-state index contributed by atoms with van der Waals surface area (Å²) in [5.74, 6) is -0.136. The molecule has 204 valence electrons. The number of anilines is 2. The highest BCUT2D eigenvalue weighted by molar-refractivity contribution is 8.00. The van der Waals surface area contributed by atoms with Crippen LogP contribution in [-0.4, -0.2) is 28.5 Å². The highest BCUT2D eigenvalue weighted by atomic mass is 32.2. The molecule has 3 aromatic rings. The SMILES string of the molecule is CCC(Sc1cccc(NC(=O)CC(C)(C)C)c1)C(=O)Nc1sc2c(c1C#N)CCN(Cc1ccccc1)C2. The van der Waals surface area contributed by atoms with Gasteiger partial charge in [-0.3, -0.25) is 14.5 Å². The smallest absolute Gasteiger partial charge is 0.238 e. The van der Waals surface area contributed by atoms with Crippen molar-refractivity contribution in [3.63, 3.8) is 0 Å². The van der Waals surface area contributed by atoms with E-state index in [-0.39, 0.29) is 22.5 Å². The Morgan fingerprint density at radius 3 is 2.59 bits per heavy atom. The fourth-order valence-corrected chi connectivity index (χ4v) is 6.91. The summed E-state index contributed by atoms with van der Waals surface area (Å²) in [6.07, 6.45) is 1.87. The number of benzene rings is 2. The summed E-state index contributed by atoms with van der Waals surface area (Å²) in [4.78, 5) is 30.2. The number of thioether (sulfide) groups is 1. The van der Waals surface area contributed by atoms with E-state index in [1.807, 2.05) is 58.0 Å². The van der Waals surface area contributed by atoms with E-state index in [0.29, 0.717) is 23.4 Å². The summed E-state index contributed by atoms with van der Waals surface area (Å²) in [5.41, 5.74) is 3.58. The zero-order valence-electron chi connectivity index (χ0n) is 23.0. The fraction of sp³-hybridized carbons (Fsp3) is 0.387. The van der Waals surface area contributed by atoms with Gasteiger partial charge in [-0.1, -0.05) is 64.1 Å². The number of nitriles is 1. The van der Waals surface area contributed by atoms with Gasteiger partial charge in [0.25, 0.3) is 0 Å². The van der Waals surface area contributed by atoms with Crippen molar-refractivity contribution < 1.29 is 9.59 Å². The predicted molar refractivity (Wildman–Crippen MR) is 161 cm³/mol. The standard InChI is InChI=1S/C31H36N4O2S2/c1-5-26(38-23-13-9-12-22(16-23)33-28(36)17-31(2,3)4)29(37)34-30-25(18-32)24-14-15-35(20-27(24)39-30)19-21-10-7-6-8-11-21/h6-13,16,26H,5,14-15,17,19-20H2,1-4H3,(H,33,36)(H,34,37). The van der Waals surface area contributed by atoms with Crippen molar-refractivity contribution in [3.8, 4) is 6.07 Å². The molecule has 2 aromatic carbocycles. The van der Waals surface area contributed by atoms with Gasteiger partial charge in [-0.05, 0) is 47.6 Å². The third kappa shape index (κ3) is 7.95. The number of amides is 2. The molecule has 6 nitrogen and oxygen atoms in total. The average molecular weight is 561 g/mol. The summed E-state index contributed by atoms with van der Waals surface area (Å²) in [5, 5.41) is 16.3. The largest absolute Gasteiger partial charge is 0.326 e. The third-order valence-corrected chi connectivity index (χ3v) is 8.97. The lowest BCUT2D eigenvalue weighted by molar-refractivity contribution is -0.118. The van der Waals surface area contributed by atoms with Gasteiger partial charge in [0.1, 0.15) is 11.1 Å². The first-order valence-electron chi connectivity index (χ1n) is 13.3. The Labute approximate surface area is 239 Å². The minimum absolute atomic E-state index is 0.0255. The van der Waals surface area contributed by atoms with Crippen molar-refractivity contribution in [1.82, 2.24) is 4.90 Å². The second-order valence-electron chi connectivity index (χ2n) is 11.1. The van der Waals surface area contributed by atoms with Crippen LogP contribution in [0.25, 0.3) is 0 Å². The molecule has 1 atom stereocenters. The lowest BCUT2D eigenvalue weighted by Crippen LogP contribution is -2.29. The van der Waals surface area contributed by atoms with Crippen LogP contribution in [0.15, 0.2) is 59.5 Å². The van der Waals surface area contributed by atoms with E-state index in [9.17, 15) is 14.9 Å². The van der Waals surface area contributed by atoms with E-state index in [2.05, 4.69) is 45.9 Å². The topological polar surface area (TPSA) is 85.2 Å². The molecular weight excluding hydrogens is 525 g/mol. The number of hydrogen-bond donors (Lipinski definition) is 2. The van der Waals surface area contributed by atoms with Gasteiger partial charge in [-0.2, -0.15) is 5.26 Å². The molecule has 0 radical (unpaired) electrons. The van der Waals surface area contributed by atoms with Crippen LogP contribution in [0.1, 0.15) is 62.1 Å². The maximum absolute atomic E-state index is 13.3. The van der Waals surface area contributed by atoms with Crippen molar-refractivity contribution in [2.45, 2.75) is 70.2 Å².